The topological polar surface area (TPSA) is 37.8 Å². The fourth-order valence-electron chi connectivity index (χ4n) is 2.12. The molecule has 0 bridgehead atoms. The van der Waals surface area contributed by atoms with E-state index in [1.54, 1.807) is 4.57 Å². The molecular weight excluding hydrogens is 272 g/mol. The van der Waals surface area contributed by atoms with Crippen molar-refractivity contribution in [3.05, 3.63) is 26.6 Å². The average Bonchev–Trinajstić information content (AvgIpc) is 2.94. The Kier molecular flexibility index (Phi) is 3.10. The van der Waals surface area contributed by atoms with Crippen LogP contribution in [0.4, 0.5) is 0 Å². The van der Waals surface area contributed by atoms with E-state index in [9.17, 15) is 4.79 Å². The lowest BCUT2D eigenvalue weighted by Gasteiger charge is -2.11. The van der Waals surface area contributed by atoms with Gasteiger partial charge in [-0.15, -0.1) is 11.3 Å². The molecule has 6 heteroatoms. The maximum Gasteiger partial charge on any atom is 0.272 e. The summed E-state index contributed by atoms with van der Waals surface area (Å²) in [6, 6.07) is 1.91. The lowest BCUT2D eigenvalue weighted by Crippen LogP contribution is -2.25. The van der Waals surface area contributed by atoms with E-state index in [-0.39, 0.29) is 5.56 Å². The van der Waals surface area contributed by atoms with Gasteiger partial charge in [0.05, 0.1) is 5.52 Å². The third kappa shape index (κ3) is 2.09. The van der Waals surface area contributed by atoms with Crippen molar-refractivity contribution in [2.24, 2.45) is 5.92 Å². The smallest absolute Gasteiger partial charge is 0.272 e. The van der Waals surface area contributed by atoms with Crippen LogP contribution in [0.15, 0.2) is 16.2 Å². The van der Waals surface area contributed by atoms with Gasteiger partial charge in [-0.05, 0) is 47.5 Å². The van der Waals surface area contributed by atoms with Gasteiger partial charge >= 0.3 is 0 Å². The number of thiophene rings is 1. The monoisotopic (exact) mass is 284 g/mol. The number of rotatable bonds is 2. The summed E-state index contributed by atoms with van der Waals surface area (Å²) in [4.78, 5) is 15.4. The van der Waals surface area contributed by atoms with E-state index >= 15 is 0 Å². The number of thioether (sulfide) groups is 1. The van der Waals surface area contributed by atoms with Crippen LogP contribution in [0.5, 0.6) is 0 Å². The first kappa shape index (κ1) is 11.5. The second kappa shape index (κ2) is 4.59. The highest BCUT2D eigenvalue weighted by atomic mass is 32.2. The van der Waals surface area contributed by atoms with Crippen molar-refractivity contribution in [2.75, 3.05) is 11.5 Å². The Morgan fingerprint density at radius 1 is 1.59 bits per heavy atom. The molecule has 3 heterocycles. The molecule has 0 saturated carbocycles. The van der Waals surface area contributed by atoms with Gasteiger partial charge < -0.3 is 4.98 Å². The third-order valence-electron chi connectivity index (χ3n) is 3.06. The Bertz CT molecular complexity index is 649. The van der Waals surface area contributed by atoms with Gasteiger partial charge in [-0.3, -0.25) is 9.36 Å². The molecule has 2 aromatic rings. The maximum absolute atomic E-state index is 12.3. The highest BCUT2D eigenvalue weighted by Gasteiger charge is 2.18. The molecule has 1 aliphatic rings. The highest BCUT2D eigenvalue weighted by Crippen LogP contribution is 2.24. The second-order valence-corrected chi connectivity index (χ2v) is 6.69. The van der Waals surface area contributed by atoms with Crippen LogP contribution in [0.1, 0.15) is 6.42 Å². The fourth-order valence-corrected chi connectivity index (χ4v) is 4.46. The minimum atomic E-state index is 0.0654. The molecule has 3 nitrogen and oxygen atoms in total. The van der Waals surface area contributed by atoms with Crippen LogP contribution >= 0.6 is 35.3 Å². The summed E-state index contributed by atoms with van der Waals surface area (Å²) in [5.41, 5.74) is 0.928. The molecule has 90 valence electrons. The number of aromatic nitrogens is 2. The Hall–Kier alpha value is -0.590. The summed E-state index contributed by atoms with van der Waals surface area (Å²) in [6.07, 6.45) is 1.19. The van der Waals surface area contributed by atoms with Crippen LogP contribution in [-0.2, 0) is 6.54 Å². The van der Waals surface area contributed by atoms with E-state index in [0.29, 0.717) is 10.7 Å². The van der Waals surface area contributed by atoms with Crippen molar-refractivity contribution < 1.29 is 0 Å². The predicted molar refractivity (Wildman–Crippen MR) is 76.7 cm³/mol. The highest BCUT2D eigenvalue weighted by molar-refractivity contribution is 7.99. The molecule has 1 unspecified atom stereocenters. The van der Waals surface area contributed by atoms with Gasteiger partial charge in [-0.2, -0.15) is 11.8 Å². The minimum Gasteiger partial charge on any atom is -0.331 e. The van der Waals surface area contributed by atoms with Crippen molar-refractivity contribution >= 4 is 45.5 Å². The third-order valence-corrected chi connectivity index (χ3v) is 5.51. The first-order valence-electron chi connectivity index (χ1n) is 5.54. The van der Waals surface area contributed by atoms with Gasteiger partial charge in [0.2, 0.25) is 0 Å². The van der Waals surface area contributed by atoms with E-state index in [1.165, 1.54) is 23.5 Å². The molecule has 2 aromatic heterocycles. The van der Waals surface area contributed by atoms with E-state index in [1.807, 2.05) is 23.2 Å². The maximum atomic E-state index is 12.3. The molecule has 3 rings (SSSR count). The second-order valence-electron chi connectivity index (χ2n) is 4.24. The van der Waals surface area contributed by atoms with Crippen molar-refractivity contribution in [2.45, 2.75) is 13.0 Å². The Labute approximate surface area is 112 Å². The lowest BCUT2D eigenvalue weighted by molar-refractivity contribution is 0.477. The summed E-state index contributed by atoms with van der Waals surface area (Å²) < 4.78 is 3.06. The average molecular weight is 284 g/mol. The zero-order valence-corrected chi connectivity index (χ0v) is 11.6. The Morgan fingerprint density at radius 3 is 3.24 bits per heavy atom. The minimum absolute atomic E-state index is 0.0654. The summed E-state index contributed by atoms with van der Waals surface area (Å²) >= 11 is 8.71. The van der Waals surface area contributed by atoms with Gasteiger partial charge in [-0.25, -0.2) is 0 Å². The first-order valence-corrected chi connectivity index (χ1v) is 7.98. The summed E-state index contributed by atoms with van der Waals surface area (Å²) in [5.74, 6) is 2.94. The Balaban J connectivity index is 2.08. The molecule has 17 heavy (non-hydrogen) atoms. The lowest BCUT2D eigenvalue weighted by atomic mass is 10.1. The fraction of sp³-hybridized carbons (Fsp3) is 0.455. The van der Waals surface area contributed by atoms with Crippen LogP contribution < -0.4 is 5.56 Å². The molecule has 1 atom stereocenters. The molecular formula is C11H12N2OS3. The molecule has 1 N–H and O–H groups in total. The number of fused-ring (bicyclic) bond motifs is 1. The van der Waals surface area contributed by atoms with E-state index in [0.717, 1.165) is 22.5 Å². The summed E-state index contributed by atoms with van der Waals surface area (Å²) in [5, 5.41) is 1.92. The molecule has 0 aromatic carbocycles. The Morgan fingerprint density at radius 2 is 2.47 bits per heavy atom. The predicted octanol–water partition coefficient (Wildman–Crippen LogP) is 2.87. The molecule has 0 spiro atoms. The van der Waals surface area contributed by atoms with Crippen LogP contribution in [0, 0.1) is 10.7 Å². The van der Waals surface area contributed by atoms with Crippen LogP contribution in [0.25, 0.3) is 10.2 Å². The van der Waals surface area contributed by atoms with Crippen molar-refractivity contribution in [1.29, 1.82) is 0 Å². The van der Waals surface area contributed by atoms with Crippen molar-refractivity contribution in [3.63, 3.8) is 0 Å². The van der Waals surface area contributed by atoms with Crippen LogP contribution in [0.2, 0.25) is 0 Å². The zero-order chi connectivity index (χ0) is 11.8. The van der Waals surface area contributed by atoms with E-state index in [2.05, 4.69) is 4.98 Å². The number of aromatic amines is 1. The van der Waals surface area contributed by atoms with Gasteiger partial charge in [0.15, 0.2) is 4.77 Å². The summed E-state index contributed by atoms with van der Waals surface area (Å²) in [6.45, 7) is 0.759. The largest absolute Gasteiger partial charge is 0.331 e. The molecule has 0 aliphatic carbocycles. The van der Waals surface area contributed by atoms with E-state index < -0.39 is 0 Å². The molecule has 0 radical (unpaired) electrons. The van der Waals surface area contributed by atoms with Crippen molar-refractivity contribution in [3.8, 4) is 0 Å². The quantitative estimate of drug-likeness (QED) is 0.862. The van der Waals surface area contributed by atoms with Crippen LogP contribution in [-0.4, -0.2) is 21.1 Å². The normalized spacial score (nSPS) is 20.1. The van der Waals surface area contributed by atoms with E-state index in [4.69, 9.17) is 12.2 Å². The van der Waals surface area contributed by atoms with Gasteiger partial charge in [0.1, 0.15) is 4.70 Å². The van der Waals surface area contributed by atoms with Gasteiger partial charge in [-0.1, -0.05) is 0 Å². The number of nitrogens with one attached hydrogen (secondary N) is 1. The first-order chi connectivity index (χ1) is 8.25. The molecule has 1 fully saturated rings. The number of H-pyrrole nitrogens is 1. The van der Waals surface area contributed by atoms with Gasteiger partial charge in [0.25, 0.3) is 5.56 Å². The number of hydrogen-bond acceptors (Lipinski definition) is 4. The zero-order valence-electron chi connectivity index (χ0n) is 9.14. The molecule has 1 aliphatic heterocycles. The summed E-state index contributed by atoms with van der Waals surface area (Å²) in [7, 11) is 0. The molecule has 0 amide bonds. The molecule has 1 saturated heterocycles. The van der Waals surface area contributed by atoms with Crippen LogP contribution in [0.3, 0.4) is 0 Å². The SMILES string of the molecule is O=c1c2sccc2[nH]c(=S)n1CC1CCSC1. The van der Waals surface area contributed by atoms with Crippen molar-refractivity contribution in [1.82, 2.24) is 9.55 Å². The standard InChI is InChI=1S/C11H12N2OS3/c14-10-9-8(2-4-17-9)12-11(15)13(10)5-7-1-3-16-6-7/h2,4,7H,1,3,5-6H2,(H,12,15). The number of hydrogen-bond donors (Lipinski definition) is 1. The number of nitrogens with zero attached hydrogens (tertiary/aromatic N) is 1. The van der Waals surface area contributed by atoms with Gasteiger partial charge in [0, 0.05) is 6.54 Å².